The summed E-state index contributed by atoms with van der Waals surface area (Å²) in [6.45, 7) is 11.2. The van der Waals surface area contributed by atoms with E-state index in [9.17, 15) is 9.59 Å². The highest BCUT2D eigenvalue weighted by Crippen LogP contribution is 2.29. The van der Waals surface area contributed by atoms with Crippen molar-refractivity contribution in [3.05, 3.63) is 53.2 Å². The largest absolute Gasteiger partial charge is 0.497 e. The minimum atomic E-state index is -0.605. The number of morpholine rings is 1. The fourth-order valence-corrected chi connectivity index (χ4v) is 4.80. The molecule has 0 aliphatic carbocycles. The molecule has 0 unspecified atom stereocenters. The number of nitrogens with two attached hydrogens (primary N) is 1. The normalized spacial score (nSPS) is 17.5. The van der Waals surface area contributed by atoms with Gasteiger partial charge < -0.3 is 25.4 Å². The van der Waals surface area contributed by atoms with E-state index in [0.717, 1.165) is 42.9 Å². The van der Waals surface area contributed by atoms with E-state index in [2.05, 4.69) is 35.6 Å². The number of nitrogens with one attached hydrogen (secondary N) is 1. The van der Waals surface area contributed by atoms with E-state index in [1.54, 1.807) is 16.7 Å². The first kappa shape index (κ1) is 27.2. The minimum Gasteiger partial charge on any atom is -0.497 e. The first-order valence-corrected chi connectivity index (χ1v) is 13.0. The summed E-state index contributed by atoms with van der Waals surface area (Å²) in [6, 6.07) is 5.70. The van der Waals surface area contributed by atoms with Gasteiger partial charge in [0.15, 0.2) is 5.69 Å². The van der Waals surface area contributed by atoms with Crippen LogP contribution in [0.4, 0.5) is 5.82 Å². The van der Waals surface area contributed by atoms with Crippen LogP contribution in [0.2, 0.25) is 0 Å². The molecule has 2 aliphatic rings. The van der Waals surface area contributed by atoms with E-state index in [-0.39, 0.29) is 17.5 Å². The van der Waals surface area contributed by atoms with E-state index < -0.39 is 5.91 Å². The fourth-order valence-electron chi connectivity index (χ4n) is 4.80. The third kappa shape index (κ3) is 6.36. The number of rotatable bonds is 9. The Labute approximate surface area is 223 Å². The molecular weight excluding hydrogens is 484 g/mol. The number of aryl methyl sites for hydroxylation is 1. The third-order valence-electron chi connectivity index (χ3n) is 6.91. The van der Waals surface area contributed by atoms with Gasteiger partial charge in [-0.2, -0.15) is 5.10 Å². The summed E-state index contributed by atoms with van der Waals surface area (Å²) in [5, 5.41) is 8.16. The molecular formula is C28H36N6O4. The fraction of sp³-hybridized carbons (Fsp3) is 0.464. The van der Waals surface area contributed by atoms with Crippen molar-refractivity contribution in [2.24, 2.45) is 5.73 Å². The van der Waals surface area contributed by atoms with Crippen molar-refractivity contribution in [2.75, 3.05) is 64.9 Å². The third-order valence-corrected chi connectivity index (χ3v) is 6.91. The van der Waals surface area contributed by atoms with Gasteiger partial charge in [-0.3, -0.25) is 14.5 Å². The summed E-state index contributed by atoms with van der Waals surface area (Å²) < 4.78 is 12.6. The first-order valence-electron chi connectivity index (χ1n) is 13.0. The monoisotopic (exact) mass is 520 g/mol. The molecule has 3 heterocycles. The van der Waals surface area contributed by atoms with Crippen molar-refractivity contribution in [3.8, 4) is 17.6 Å². The number of anilines is 1. The molecule has 1 atom stereocenters. The molecule has 38 heavy (non-hydrogen) atoms. The average molecular weight is 521 g/mol. The van der Waals surface area contributed by atoms with Gasteiger partial charge in [0.2, 0.25) is 5.91 Å². The van der Waals surface area contributed by atoms with E-state index in [1.807, 2.05) is 18.2 Å². The zero-order valence-electron chi connectivity index (χ0n) is 22.2. The Morgan fingerprint density at radius 2 is 2.05 bits per heavy atom. The van der Waals surface area contributed by atoms with E-state index in [4.69, 9.17) is 20.3 Å². The Balaban J connectivity index is 1.67. The highest BCUT2D eigenvalue weighted by atomic mass is 16.5. The Kier molecular flexibility index (Phi) is 9.05. The quantitative estimate of drug-likeness (QED) is 0.382. The number of ether oxygens (including phenoxy) is 2. The summed E-state index contributed by atoms with van der Waals surface area (Å²) in [4.78, 5) is 28.9. The predicted octanol–water partition coefficient (Wildman–Crippen LogP) is 1.66. The van der Waals surface area contributed by atoms with Crippen LogP contribution >= 0.6 is 0 Å². The van der Waals surface area contributed by atoms with Gasteiger partial charge in [0.25, 0.3) is 5.91 Å². The number of likely N-dealkylation sites (tertiary alicyclic amines) is 1. The van der Waals surface area contributed by atoms with E-state index in [0.29, 0.717) is 50.8 Å². The molecule has 0 bridgehead atoms. The van der Waals surface area contributed by atoms with Gasteiger partial charge in [-0.15, -0.1) is 0 Å². The molecule has 2 saturated heterocycles. The second-order valence-electron chi connectivity index (χ2n) is 9.37. The number of amides is 2. The molecule has 0 saturated carbocycles. The molecule has 3 N–H and O–H groups in total. The number of hydrogen-bond donors (Lipinski definition) is 2. The lowest BCUT2D eigenvalue weighted by Gasteiger charge is -2.27. The number of hydrogen-bond acceptors (Lipinski definition) is 7. The number of primary amides is 1. The van der Waals surface area contributed by atoms with Gasteiger partial charge in [-0.25, -0.2) is 4.68 Å². The van der Waals surface area contributed by atoms with Crippen molar-refractivity contribution >= 4 is 17.6 Å². The van der Waals surface area contributed by atoms with E-state index in [1.165, 1.54) is 6.08 Å². The van der Waals surface area contributed by atoms with Crippen LogP contribution < -0.4 is 15.8 Å². The lowest BCUT2D eigenvalue weighted by atomic mass is 10.1. The van der Waals surface area contributed by atoms with Crippen molar-refractivity contribution in [2.45, 2.75) is 25.8 Å². The molecule has 2 aliphatic heterocycles. The SMILES string of the molecule is C=CC(=O)N1CC[C@H](n2nc(C#Cc3cc(CC)cc(OC)c3)c(C(N)=O)c2NCCN2CCOCC2)C1. The second kappa shape index (κ2) is 12.6. The number of benzene rings is 1. The molecule has 1 aromatic heterocycles. The number of carbonyl (C=O) groups excluding carboxylic acids is 2. The van der Waals surface area contributed by atoms with Gasteiger partial charge in [0, 0.05) is 44.8 Å². The Bertz CT molecular complexity index is 1220. The minimum absolute atomic E-state index is 0.123. The molecule has 0 radical (unpaired) electrons. The Hall–Kier alpha value is -3.81. The van der Waals surface area contributed by atoms with Crippen LogP contribution in [0.5, 0.6) is 5.75 Å². The van der Waals surface area contributed by atoms with Crippen molar-refractivity contribution < 1.29 is 19.1 Å². The van der Waals surface area contributed by atoms with Gasteiger partial charge in [-0.05, 0) is 48.6 Å². The van der Waals surface area contributed by atoms with Crippen molar-refractivity contribution in [3.63, 3.8) is 0 Å². The van der Waals surface area contributed by atoms with Crippen LogP contribution in [0.3, 0.4) is 0 Å². The summed E-state index contributed by atoms with van der Waals surface area (Å²) in [5.74, 6) is 6.75. The summed E-state index contributed by atoms with van der Waals surface area (Å²) >= 11 is 0. The van der Waals surface area contributed by atoms with Crippen LogP contribution in [0.1, 0.15) is 46.6 Å². The Morgan fingerprint density at radius 3 is 2.74 bits per heavy atom. The molecule has 2 aromatic rings. The summed E-state index contributed by atoms with van der Waals surface area (Å²) in [5.41, 5.74) is 8.29. The van der Waals surface area contributed by atoms with Gasteiger partial charge in [0.05, 0.1) is 26.4 Å². The number of methoxy groups -OCH3 is 1. The van der Waals surface area contributed by atoms with Crippen LogP contribution in [0, 0.1) is 11.8 Å². The van der Waals surface area contributed by atoms with Crippen molar-refractivity contribution in [1.29, 1.82) is 0 Å². The first-order chi connectivity index (χ1) is 18.4. The Morgan fingerprint density at radius 1 is 1.26 bits per heavy atom. The zero-order valence-corrected chi connectivity index (χ0v) is 22.2. The maximum Gasteiger partial charge on any atom is 0.255 e. The average Bonchev–Trinajstić information content (AvgIpc) is 3.57. The maximum atomic E-state index is 12.7. The van der Waals surface area contributed by atoms with Crippen LogP contribution in [0.15, 0.2) is 30.9 Å². The van der Waals surface area contributed by atoms with Gasteiger partial charge in [0.1, 0.15) is 17.1 Å². The second-order valence-corrected chi connectivity index (χ2v) is 9.37. The number of carbonyl (C=O) groups is 2. The molecule has 2 amide bonds. The lowest BCUT2D eigenvalue weighted by molar-refractivity contribution is -0.125. The molecule has 202 valence electrons. The van der Waals surface area contributed by atoms with Gasteiger partial charge >= 0.3 is 0 Å². The molecule has 0 spiro atoms. The number of nitrogens with zero attached hydrogens (tertiary/aromatic N) is 4. The zero-order chi connectivity index (χ0) is 27.1. The molecule has 2 fully saturated rings. The molecule has 4 rings (SSSR count). The number of aromatic nitrogens is 2. The molecule has 10 heteroatoms. The van der Waals surface area contributed by atoms with Crippen LogP contribution in [-0.4, -0.2) is 91.0 Å². The highest BCUT2D eigenvalue weighted by molar-refractivity contribution is 6.00. The van der Waals surface area contributed by atoms with Crippen LogP contribution in [-0.2, 0) is 16.0 Å². The van der Waals surface area contributed by atoms with Gasteiger partial charge in [-0.1, -0.05) is 19.4 Å². The lowest BCUT2D eigenvalue weighted by Crippen LogP contribution is -2.39. The molecule has 10 nitrogen and oxygen atoms in total. The topological polar surface area (TPSA) is 115 Å². The van der Waals surface area contributed by atoms with Crippen molar-refractivity contribution in [1.82, 2.24) is 19.6 Å². The predicted molar refractivity (Wildman–Crippen MR) is 145 cm³/mol. The summed E-state index contributed by atoms with van der Waals surface area (Å²) in [7, 11) is 1.62. The molecule has 1 aromatic carbocycles. The standard InChI is InChI=1S/C28H36N6O4/c1-4-20-16-21(18-23(17-20)37-3)6-7-24-26(27(29)36)28(30-9-11-32-12-14-38-15-13-32)34(31-24)22-8-10-33(19-22)25(35)5-2/h5,16-18,22,30H,2,4,8-15,19H2,1,3H3,(H2,29,36)/t22-/m0/s1. The van der Waals surface area contributed by atoms with E-state index >= 15 is 0 Å². The smallest absolute Gasteiger partial charge is 0.255 e. The highest BCUT2D eigenvalue weighted by Gasteiger charge is 2.31. The van der Waals surface area contributed by atoms with Crippen LogP contribution in [0.25, 0.3) is 0 Å². The maximum absolute atomic E-state index is 12.7. The summed E-state index contributed by atoms with van der Waals surface area (Å²) in [6.07, 6.45) is 2.85.